The third kappa shape index (κ3) is 4.50. The number of pyridine rings is 1. The molecule has 0 N–H and O–H groups in total. The Morgan fingerprint density at radius 1 is 1.15 bits per heavy atom. The molecule has 1 aromatic heterocycles. The average Bonchev–Trinajstić information content (AvgIpc) is 2.67. The second kappa shape index (κ2) is 7.85. The molecule has 1 aromatic carbocycles. The van der Waals surface area contributed by atoms with Gasteiger partial charge in [0.2, 0.25) is 0 Å². The Kier molecular flexibility index (Phi) is 5.53. The number of ether oxygens (including phenoxy) is 1. The number of hydrogen-bond donors (Lipinski definition) is 0. The number of piperazine rings is 1. The van der Waals surface area contributed by atoms with E-state index in [4.69, 9.17) is 4.74 Å². The summed E-state index contributed by atoms with van der Waals surface area (Å²) in [5.41, 5.74) is -0.212. The SMILES string of the molecule is CCOc1cccc(C(=O)N2CCN(c3ccc(C(F)(F)F)cn3)CC2)c1. The van der Waals surface area contributed by atoms with Crippen LogP contribution in [0.1, 0.15) is 22.8 Å². The minimum Gasteiger partial charge on any atom is -0.494 e. The van der Waals surface area contributed by atoms with Crippen molar-refractivity contribution in [3.05, 3.63) is 53.7 Å². The number of aromatic nitrogens is 1. The van der Waals surface area contributed by atoms with Crippen LogP contribution in [0.3, 0.4) is 0 Å². The minimum absolute atomic E-state index is 0.0865. The maximum atomic E-state index is 12.7. The van der Waals surface area contributed by atoms with Gasteiger partial charge in [-0.05, 0) is 37.3 Å². The lowest BCUT2D eigenvalue weighted by atomic mass is 10.1. The Bertz CT molecular complexity index is 786. The summed E-state index contributed by atoms with van der Waals surface area (Å²) in [6, 6.07) is 9.43. The zero-order valence-electron chi connectivity index (χ0n) is 14.9. The molecule has 1 aliphatic heterocycles. The van der Waals surface area contributed by atoms with Gasteiger partial charge in [-0.3, -0.25) is 4.79 Å². The van der Waals surface area contributed by atoms with Gasteiger partial charge in [0.05, 0.1) is 12.2 Å². The van der Waals surface area contributed by atoms with E-state index in [1.54, 1.807) is 29.2 Å². The molecular formula is C19H20F3N3O2. The molecule has 2 aromatic rings. The summed E-state index contributed by atoms with van der Waals surface area (Å²) < 4.78 is 43.3. The topological polar surface area (TPSA) is 45.7 Å². The molecule has 1 saturated heterocycles. The predicted molar refractivity (Wildman–Crippen MR) is 95.0 cm³/mol. The molecule has 0 bridgehead atoms. The number of anilines is 1. The van der Waals surface area contributed by atoms with E-state index in [-0.39, 0.29) is 5.91 Å². The predicted octanol–water partition coefficient (Wildman–Crippen LogP) is 3.46. The molecule has 8 heteroatoms. The number of halogens is 3. The summed E-state index contributed by atoms with van der Waals surface area (Å²) in [7, 11) is 0. The van der Waals surface area contributed by atoms with Gasteiger partial charge < -0.3 is 14.5 Å². The quantitative estimate of drug-likeness (QED) is 0.816. The van der Waals surface area contributed by atoms with E-state index in [2.05, 4.69) is 4.98 Å². The molecule has 1 amide bonds. The van der Waals surface area contributed by atoms with Crippen LogP contribution in [0.15, 0.2) is 42.6 Å². The highest BCUT2D eigenvalue weighted by Gasteiger charge is 2.31. The van der Waals surface area contributed by atoms with Crippen molar-refractivity contribution >= 4 is 11.7 Å². The fourth-order valence-electron chi connectivity index (χ4n) is 2.95. The highest BCUT2D eigenvalue weighted by Crippen LogP contribution is 2.29. The molecule has 1 aliphatic rings. The van der Waals surface area contributed by atoms with Crippen molar-refractivity contribution < 1.29 is 22.7 Å². The van der Waals surface area contributed by atoms with Crippen LogP contribution < -0.4 is 9.64 Å². The number of carbonyl (C=O) groups excluding carboxylic acids is 1. The first-order chi connectivity index (χ1) is 12.9. The van der Waals surface area contributed by atoms with Crippen LogP contribution in [-0.2, 0) is 6.18 Å². The fraction of sp³-hybridized carbons (Fsp3) is 0.368. The van der Waals surface area contributed by atoms with Gasteiger partial charge in [-0.15, -0.1) is 0 Å². The van der Waals surface area contributed by atoms with Crippen LogP contribution in [-0.4, -0.2) is 48.6 Å². The molecular weight excluding hydrogens is 359 g/mol. The Hall–Kier alpha value is -2.77. The maximum absolute atomic E-state index is 12.7. The second-order valence-corrected chi connectivity index (χ2v) is 6.14. The van der Waals surface area contributed by atoms with E-state index >= 15 is 0 Å². The average molecular weight is 379 g/mol. The molecule has 0 aliphatic carbocycles. The summed E-state index contributed by atoms with van der Waals surface area (Å²) >= 11 is 0. The first-order valence-electron chi connectivity index (χ1n) is 8.69. The van der Waals surface area contributed by atoms with Gasteiger partial charge in [0.15, 0.2) is 0 Å². The monoisotopic (exact) mass is 379 g/mol. The van der Waals surface area contributed by atoms with Gasteiger partial charge in [0.25, 0.3) is 5.91 Å². The minimum atomic E-state index is -4.40. The molecule has 144 valence electrons. The van der Waals surface area contributed by atoms with Crippen LogP contribution >= 0.6 is 0 Å². The van der Waals surface area contributed by atoms with Crippen LogP contribution in [0.4, 0.5) is 19.0 Å². The molecule has 2 heterocycles. The zero-order valence-corrected chi connectivity index (χ0v) is 14.9. The number of carbonyl (C=O) groups is 1. The highest BCUT2D eigenvalue weighted by atomic mass is 19.4. The summed E-state index contributed by atoms with van der Waals surface area (Å²) in [4.78, 5) is 20.2. The van der Waals surface area contributed by atoms with Gasteiger partial charge >= 0.3 is 6.18 Å². The Morgan fingerprint density at radius 3 is 2.48 bits per heavy atom. The van der Waals surface area contributed by atoms with Crippen molar-refractivity contribution in [3.8, 4) is 5.75 Å². The van der Waals surface area contributed by atoms with Crippen molar-refractivity contribution in [2.45, 2.75) is 13.1 Å². The number of nitrogens with zero attached hydrogens (tertiary/aromatic N) is 3. The number of alkyl halides is 3. The van der Waals surface area contributed by atoms with Crippen molar-refractivity contribution in [3.63, 3.8) is 0 Å². The van der Waals surface area contributed by atoms with Gasteiger partial charge in [0.1, 0.15) is 11.6 Å². The first-order valence-corrected chi connectivity index (χ1v) is 8.69. The van der Waals surface area contributed by atoms with Crippen LogP contribution in [0.2, 0.25) is 0 Å². The standard InChI is InChI=1S/C19H20F3N3O2/c1-2-27-16-5-3-4-14(12-16)18(26)25-10-8-24(9-11-25)17-7-6-15(13-23-17)19(20,21)22/h3-7,12-13H,2,8-11H2,1H3. The van der Waals surface area contributed by atoms with Gasteiger partial charge in [-0.1, -0.05) is 6.07 Å². The number of benzene rings is 1. The van der Waals surface area contributed by atoms with Crippen LogP contribution in [0, 0.1) is 0 Å². The Morgan fingerprint density at radius 2 is 1.89 bits per heavy atom. The normalized spacial score (nSPS) is 15.0. The summed E-state index contributed by atoms with van der Waals surface area (Å²) in [6.45, 7) is 4.37. The second-order valence-electron chi connectivity index (χ2n) is 6.14. The van der Waals surface area contributed by atoms with E-state index in [0.717, 1.165) is 12.3 Å². The van der Waals surface area contributed by atoms with Crippen molar-refractivity contribution in [2.24, 2.45) is 0 Å². The molecule has 3 rings (SSSR count). The van der Waals surface area contributed by atoms with E-state index in [0.29, 0.717) is 49.9 Å². The first kappa shape index (κ1) is 19.0. The van der Waals surface area contributed by atoms with Crippen molar-refractivity contribution in [1.82, 2.24) is 9.88 Å². The zero-order chi connectivity index (χ0) is 19.4. The van der Waals surface area contributed by atoms with E-state index in [1.165, 1.54) is 6.07 Å². The van der Waals surface area contributed by atoms with Gasteiger partial charge in [-0.25, -0.2) is 4.98 Å². The van der Waals surface area contributed by atoms with E-state index < -0.39 is 11.7 Å². The summed E-state index contributed by atoms with van der Waals surface area (Å²) in [5.74, 6) is 1.04. The summed E-state index contributed by atoms with van der Waals surface area (Å²) in [5, 5.41) is 0. The van der Waals surface area contributed by atoms with Crippen molar-refractivity contribution in [2.75, 3.05) is 37.7 Å². The largest absolute Gasteiger partial charge is 0.494 e. The highest BCUT2D eigenvalue weighted by molar-refractivity contribution is 5.94. The Labute approximate surface area is 155 Å². The number of rotatable bonds is 4. The molecule has 0 spiro atoms. The lowest BCUT2D eigenvalue weighted by Crippen LogP contribution is -2.49. The molecule has 1 fully saturated rings. The molecule has 5 nitrogen and oxygen atoms in total. The Balaban J connectivity index is 1.61. The molecule has 0 unspecified atom stereocenters. The van der Waals surface area contributed by atoms with Crippen LogP contribution in [0.5, 0.6) is 5.75 Å². The molecule has 0 radical (unpaired) electrons. The lowest BCUT2D eigenvalue weighted by Gasteiger charge is -2.35. The third-order valence-electron chi connectivity index (χ3n) is 4.36. The van der Waals surface area contributed by atoms with Gasteiger partial charge in [0, 0.05) is 37.9 Å². The molecule has 27 heavy (non-hydrogen) atoms. The summed E-state index contributed by atoms with van der Waals surface area (Å²) in [6.07, 6.45) is -3.56. The lowest BCUT2D eigenvalue weighted by molar-refractivity contribution is -0.137. The molecule has 0 atom stereocenters. The van der Waals surface area contributed by atoms with Gasteiger partial charge in [-0.2, -0.15) is 13.2 Å². The van der Waals surface area contributed by atoms with E-state index in [9.17, 15) is 18.0 Å². The molecule has 0 saturated carbocycles. The maximum Gasteiger partial charge on any atom is 0.417 e. The number of amides is 1. The number of hydrogen-bond acceptors (Lipinski definition) is 4. The third-order valence-corrected chi connectivity index (χ3v) is 4.36. The fourth-order valence-corrected chi connectivity index (χ4v) is 2.95. The van der Waals surface area contributed by atoms with Crippen LogP contribution in [0.25, 0.3) is 0 Å². The van der Waals surface area contributed by atoms with E-state index in [1.807, 2.05) is 11.8 Å². The smallest absolute Gasteiger partial charge is 0.417 e. The van der Waals surface area contributed by atoms with Crippen molar-refractivity contribution in [1.29, 1.82) is 0 Å².